The van der Waals surface area contributed by atoms with E-state index in [-0.39, 0.29) is 17.1 Å². The number of hydrogen-bond donors (Lipinski definition) is 0. The summed E-state index contributed by atoms with van der Waals surface area (Å²) >= 11 is 1.14. The molecule has 8 nitrogen and oxygen atoms in total. The molecule has 12 heteroatoms. The van der Waals surface area contributed by atoms with E-state index in [1.165, 1.54) is 31.4 Å². The number of methoxy groups -OCH3 is 4. The third-order valence-corrected chi connectivity index (χ3v) is 8.41. The highest BCUT2D eigenvalue weighted by Gasteiger charge is 2.21. The van der Waals surface area contributed by atoms with Crippen molar-refractivity contribution in [1.29, 1.82) is 0 Å². The molecule has 0 fully saturated rings. The number of nitrogens with zero attached hydrogens (tertiary/aromatic N) is 3. The summed E-state index contributed by atoms with van der Waals surface area (Å²) in [4.78, 5) is 6.46. The molecule has 0 atom stereocenters. The van der Waals surface area contributed by atoms with Crippen LogP contribution in [-0.2, 0) is 10.5 Å². The zero-order chi connectivity index (χ0) is 33.5. The van der Waals surface area contributed by atoms with E-state index in [0.717, 1.165) is 17.4 Å². The van der Waals surface area contributed by atoms with E-state index in [1.54, 1.807) is 68.5 Å². The summed E-state index contributed by atoms with van der Waals surface area (Å²) in [6, 6.07) is 19.5. The lowest BCUT2D eigenvalue weighted by Gasteiger charge is -2.23. The van der Waals surface area contributed by atoms with E-state index in [2.05, 4.69) is 4.98 Å². The molecule has 5 rings (SSSR count). The normalized spacial score (nSPS) is 11.0. The van der Waals surface area contributed by atoms with Gasteiger partial charge in [0.25, 0.3) is 0 Å². The summed E-state index contributed by atoms with van der Waals surface area (Å²) in [6.45, 7) is 0.846. The lowest BCUT2D eigenvalue weighted by atomic mass is 10.0. The van der Waals surface area contributed by atoms with Crippen molar-refractivity contribution in [3.05, 3.63) is 102 Å². The van der Waals surface area contributed by atoms with Crippen LogP contribution in [0.4, 0.5) is 24.7 Å². The molecule has 0 aliphatic rings. The molecule has 0 N–H and O–H groups in total. The fourth-order valence-electron chi connectivity index (χ4n) is 4.89. The Balaban J connectivity index is 1.45. The van der Waals surface area contributed by atoms with Crippen molar-refractivity contribution in [3.63, 3.8) is 0 Å². The number of anilines is 2. The molecule has 1 heterocycles. The van der Waals surface area contributed by atoms with Gasteiger partial charge in [-0.25, -0.2) is 18.2 Å². The zero-order valence-electron chi connectivity index (χ0n) is 26.6. The van der Waals surface area contributed by atoms with Gasteiger partial charge in [-0.15, -0.1) is 0 Å². The molecule has 0 amide bonds. The van der Waals surface area contributed by atoms with Gasteiger partial charge in [-0.05, 0) is 59.7 Å². The van der Waals surface area contributed by atoms with E-state index >= 15 is 8.78 Å². The highest BCUT2D eigenvalue weighted by molar-refractivity contribution is 7.98. The number of benzene rings is 4. The summed E-state index contributed by atoms with van der Waals surface area (Å²) in [7, 11) is 7.90. The van der Waals surface area contributed by atoms with Crippen molar-refractivity contribution in [3.8, 4) is 39.8 Å². The summed E-state index contributed by atoms with van der Waals surface area (Å²) < 4.78 is 73.7. The van der Waals surface area contributed by atoms with Crippen molar-refractivity contribution < 1.29 is 36.9 Å². The lowest BCUT2D eigenvalue weighted by molar-refractivity contribution is 0.146. The van der Waals surface area contributed by atoms with Crippen LogP contribution in [0.1, 0.15) is 5.56 Å². The summed E-state index contributed by atoms with van der Waals surface area (Å²) in [5.41, 5.74) is 2.23. The second-order valence-electron chi connectivity index (χ2n) is 10.2. The Kier molecular flexibility index (Phi) is 10.8. The summed E-state index contributed by atoms with van der Waals surface area (Å²) in [5.74, 6) is 0.406. The minimum atomic E-state index is -0.683. The fraction of sp³-hybridized carbons (Fsp3) is 0.229. The predicted octanol–water partition coefficient (Wildman–Crippen LogP) is 8.07. The van der Waals surface area contributed by atoms with Crippen molar-refractivity contribution in [2.24, 2.45) is 0 Å². The Bertz CT molecular complexity index is 1810. The Morgan fingerprint density at radius 1 is 0.723 bits per heavy atom. The van der Waals surface area contributed by atoms with Gasteiger partial charge in [0.1, 0.15) is 29.8 Å². The van der Waals surface area contributed by atoms with Crippen LogP contribution in [0.25, 0.3) is 16.8 Å². The first kappa shape index (κ1) is 33.6. The van der Waals surface area contributed by atoms with Crippen LogP contribution in [0.2, 0.25) is 0 Å². The van der Waals surface area contributed by atoms with Crippen LogP contribution in [0.5, 0.6) is 23.0 Å². The quantitative estimate of drug-likeness (QED) is 0.0872. The van der Waals surface area contributed by atoms with Crippen molar-refractivity contribution in [2.45, 2.75) is 10.9 Å². The maximum atomic E-state index is 15.4. The molecular weight excluding hydrogens is 631 g/mol. The average Bonchev–Trinajstić information content (AvgIpc) is 3.51. The van der Waals surface area contributed by atoms with Crippen LogP contribution >= 0.6 is 11.8 Å². The first-order chi connectivity index (χ1) is 22.8. The molecule has 0 aliphatic carbocycles. The molecule has 1 aromatic heterocycles. The zero-order valence-corrected chi connectivity index (χ0v) is 27.4. The first-order valence-electron chi connectivity index (χ1n) is 14.5. The number of halogens is 3. The van der Waals surface area contributed by atoms with E-state index < -0.39 is 17.5 Å². The highest BCUT2D eigenvalue weighted by atomic mass is 32.2. The first-order valence-corrected chi connectivity index (χ1v) is 15.5. The third-order valence-electron chi connectivity index (χ3n) is 7.43. The van der Waals surface area contributed by atoms with Gasteiger partial charge in [0.05, 0.1) is 39.8 Å². The minimum Gasteiger partial charge on any atom is -0.494 e. The van der Waals surface area contributed by atoms with E-state index in [4.69, 9.17) is 23.7 Å². The van der Waals surface area contributed by atoms with Gasteiger partial charge in [-0.3, -0.25) is 4.57 Å². The molecule has 0 radical (unpaired) electrons. The van der Waals surface area contributed by atoms with Gasteiger partial charge in [0, 0.05) is 43.3 Å². The largest absolute Gasteiger partial charge is 0.494 e. The van der Waals surface area contributed by atoms with Crippen LogP contribution in [-0.4, -0.2) is 58.3 Å². The summed E-state index contributed by atoms with van der Waals surface area (Å²) in [6.07, 6.45) is 1.63. The maximum Gasteiger partial charge on any atom is 0.174 e. The van der Waals surface area contributed by atoms with Crippen LogP contribution < -0.4 is 23.8 Å². The molecule has 47 heavy (non-hydrogen) atoms. The number of aromatic nitrogens is 2. The standard InChI is InChI=1S/C35H34F3N3O5S/c1-40(24-9-13-31(43-3)33(18-24)45-5)34-20-39-35(41(34)25-8-12-28(36)32(19-25)44-4)47-21-27-29(37)16-23(17-30(27)38)22-6-10-26(11-7-22)46-15-14-42-2/h6-13,16-20H,14-15,21H2,1-5H3. The molecule has 5 aromatic rings. The Morgan fingerprint density at radius 2 is 1.43 bits per heavy atom. The fourth-order valence-corrected chi connectivity index (χ4v) is 5.90. The van der Waals surface area contributed by atoms with E-state index in [1.807, 2.05) is 24.1 Å². The SMILES string of the molecule is COCCOc1ccc(-c2cc(F)c(CSc3ncc(N(C)c4ccc(OC)c(OC)c4)n3-c3ccc(F)c(OC)c3)c(F)c2)cc1. The van der Waals surface area contributed by atoms with Crippen LogP contribution in [0.3, 0.4) is 0 Å². The molecule has 0 bridgehead atoms. The molecule has 0 saturated heterocycles. The maximum absolute atomic E-state index is 15.4. The van der Waals surface area contributed by atoms with Gasteiger partial charge >= 0.3 is 0 Å². The third kappa shape index (κ3) is 7.44. The number of ether oxygens (including phenoxy) is 5. The monoisotopic (exact) mass is 665 g/mol. The van der Waals surface area contributed by atoms with Crippen molar-refractivity contribution >= 4 is 23.3 Å². The Labute approximate surface area is 275 Å². The van der Waals surface area contributed by atoms with Crippen LogP contribution in [0.15, 0.2) is 84.1 Å². The van der Waals surface area contributed by atoms with Gasteiger partial charge < -0.3 is 28.6 Å². The molecule has 4 aromatic carbocycles. The van der Waals surface area contributed by atoms with Gasteiger partial charge in [-0.2, -0.15) is 0 Å². The minimum absolute atomic E-state index is 0.0362. The molecule has 0 unspecified atom stereocenters. The second kappa shape index (κ2) is 15.2. The molecule has 0 spiro atoms. The van der Waals surface area contributed by atoms with Gasteiger partial charge in [0.15, 0.2) is 28.2 Å². The highest BCUT2D eigenvalue weighted by Crippen LogP contribution is 2.38. The average molecular weight is 666 g/mol. The number of rotatable bonds is 14. The Hall–Kier alpha value is -4.81. The molecule has 246 valence electrons. The van der Waals surface area contributed by atoms with E-state index in [9.17, 15) is 4.39 Å². The number of hydrogen-bond acceptors (Lipinski definition) is 8. The van der Waals surface area contributed by atoms with Gasteiger partial charge in [0.2, 0.25) is 0 Å². The molecule has 0 aliphatic heterocycles. The predicted molar refractivity (Wildman–Crippen MR) is 176 cm³/mol. The topological polar surface area (TPSA) is 67.2 Å². The lowest BCUT2D eigenvalue weighted by Crippen LogP contribution is -2.14. The summed E-state index contributed by atoms with van der Waals surface area (Å²) in [5, 5.41) is 0.424. The smallest absolute Gasteiger partial charge is 0.174 e. The number of thioether (sulfide) groups is 1. The Morgan fingerprint density at radius 3 is 2.09 bits per heavy atom. The molecule has 0 saturated carbocycles. The van der Waals surface area contributed by atoms with Crippen molar-refractivity contribution in [2.75, 3.05) is 53.6 Å². The molecular formula is C35H34F3N3O5S. The van der Waals surface area contributed by atoms with Crippen molar-refractivity contribution in [1.82, 2.24) is 9.55 Å². The van der Waals surface area contributed by atoms with E-state index in [0.29, 0.717) is 58.3 Å². The second-order valence-corrected chi connectivity index (χ2v) is 11.2. The number of imidazole rings is 1. The van der Waals surface area contributed by atoms with Gasteiger partial charge in [-0.1, -0.05) is 23.9 Å². The van der Waals surface area contributed by atoms with Crippen LogP contribution in [0, 0.1) is 17.5 Å².